The molecule has 0 aromatic heterocycles. The average molecular weight is 362 g/mol. The van der Waals surface area contributed by atoms with E-state index in [0.717, 1.165) is 11.3 Å². The zero-order valence-corrected chi connectivity index (χ0v) is 15.8. The monoisotopic (exact) mass is 362 g/mol. The SMILES string of the molecule is C=CC(c1ccccc1)C(C)(C)C(=O)NC1CC1C(=O)Nc1ccccc1. The van der Waals surface area contributed by atoms with Crippen LogP contribution in [0, 0.1) is 11.3 Å². The Kier molecular flexibility index (Phi) is 5.45. The maximum Gasteiger partial charge on any atom is 0.229 e. The second-order valence-electron chi connectivity index (χ2n) is 7.62. The minimum atomic E-state index is -0.661. The normalized spacial score (nSPS) is 19.6. The summed E-state index contributed by atoms with van der Waals surface area (Å²) in [6, 6.07) is 19.2. The third kappa shape index (κ3) is 4.27. The van der Waals surface area contributed by atoms with Gasteiger partial charge in [0.15, 0.2) is 0 Å². The molecule has 0 saturated heterocycles. The predicted octanol–water partition coefficient (Wildman–Crippen LogP) is 4.13. The highest BCUT2D eigenvalue weighted by Crippen LogP contribution is 2.39. The van der Waals surface area contributed by atoms with E-state index in [9.17, 15) is 9.59 Å². The molecule has 4 nitrogen and oxygen atoms in total. The number of rotatable bonds is 7. The van der Waals surface area contributed by atoms with E-state index in [1.165, 1.54) is 0 Å². The first-order valence-corrected chi connectivity index (χ1v) is 9.28. The van der Waals surface area contributed by atoms with Crippen molar-refractivity contribution in [2.45, 2.75) is 32.2 Å². The van der Waals surface area contributed by atoms with Gasteiger partial charge in [-0.2, -0.15) is 0 Å². The molecule has 3 rings (SSSR count). The topological polar surface area (TPSA) is 58.2 Å². The van der Waals surface area contributed by atoms with Crippen LogP contribution in [0.1, 0.15) is 31.7 Å². The third-order valence-electron chi connectivity index (χ3n) is 5.24. The van der Waals surface area contributed by atoms with Gasteiger partial charge >= 0.3 is 0 Å². The molecule has 2 amide bonds. The van der Waals surface area contributed by atoms with Crippen LogP contribution in [0.5, 0.6) is 0 Å². The fourth-order valence-corrected chi connectivity index (χ4v) is 3.40. The van der Waals surface area contributed by atoms with Crippen LogP contribution >= 0.6 is 0 Å². The summed E-state index contributed by atoms with van der Waals surface area (Å²) < 4.78 is 0. The van der Waals surface area contributed by atoms with E-state index in [-0.39, 0.29) is 29.7 Å². The van der Waals surface area contributed by atoms with Crippen LogP contribution < -0.4 is 10.6 Å². The number of benzene rings is 2. The van der Waals surface area contributed by atoms with Crippen molar-refractivity contribution in [3.05, 3.63) is 78.9 Å². The smallest absolute Gasteiger partial charge is 0.229 e. The van der Waals surface area contributed by atoms with Crippen molar-refractivity contribution in [2.24, 2.45) is 11.3 Å². The molecule has 2 aromatic carbocycles. The van der Waals surface area contributed by atoms with Gasteiger partial charge in [0.1, 0.15) is 0 Å². The largest absolute Gasteiger partial charge is 0.352 e. The van der Waals surface area contributed by atoms with Crippen molar-refractivity contribution in [1.82, 2.24) is 5.32 Å². The van der Waals surface area contributed by atoms with Crippen molar-refractivity contribution in [3.8, 4) is 0 Å². The van der Waals surface area contributed by atoms with Gasteiger partial charge in [0.2, 0.25) is 11.8 Å². The lowest BCUT2D eigenvalue weighted by atomic mass is 9.74. The first-order chi connectivity index (χ1) is 12.9. The summed E-state index contributed by atoms with van der Waals surface area (Å²) in [6.45, 7) is 7.77. The highest BCUT2D eigenvalue weighted by Gasteiger charge is 2.47. The maximum absolute atomic E-state index is 12.9. The molecular formula is C23H26N2O2. The number of para-hydroxylation sites is 1. The Morgan fingerprint density at radius 3 is 2.26 bits per heavy atom. The zero-order valence-electron chi connectivity index (χ0n) is 15.8. The highest BCUT2D eigenvalue weighted by molar-refractivity contribution is 5.96. The Bertz CT molecular complexity index is 815. The zero-order chi connectivity index (χ0) is 19.4. The van der Waals surface area contributed by atoms with Crippen LogP contribution in [0.3, 0.4) is 0 Å². The minimum Gasteiger partial charge on any atom is -0.352 e. The Morgan fingerprint density at radius 1 is 1.07 bits per heavy atom. The molecule has 2 N–H and O–H groups in total. The Hall–Kier alpha value is -2.88. The summed E-state index contributed by atoms with van der Waals surface area (Å²) in [6.07, 6.45) is 2.49. The van der Waals surface area contributed by atoms with Crippen LogP contribution in [0.25, 0.3) is 0 Å². The van der Waals surface area contributed by atoms with Crippen molar-refractivity contribution < 1.29 is 9.59 Å². The quantitative estimate of drug-likeness (QED) is 0.728. The lowest BCUT2D eigenvalue weighted by Crippen LogP contribution is -2.42. The van der Waals surface area contributed by atoms with Crippen LogP contribution in [0.4, 0.5) is 5.69 Å². The number of allylic oxidation sites excluding steroid dienone is 1. The lowest BCUT2D eigenvalue weighted by molar-refractivity contribution is -0.130. The van der Waals surface area contributed by atoms with Gasteiger partial charge in [-0.15, -0.1) is 6.58 Å². The van der Waals surface area contributed by atoms with Gasteiger partial charge in [0.25, 0.3) is 0 Å². The number of nitrogens with one attached hydrogen (secondary N) is 2. The van der Waals surface area contributed by atoms with Gasteiger partial charge in [0.05, 0.1) is 11.3 Å². The van der Waals surface area contributed by atoms with Crippen molar-refractivity contribution >= 4 is 17.5 Å². The summed E-state index contributed by atoms with van der Waals surface area (Å²) in [5.74, 6) is -0.387. The van der Waals surface area contributed by atoms with Gasteiger partial charge in [-0.3, -0.25) is 9.59 Å². The van der Waals surface area contributed by atoms with Crippen LogP contribution in [-0.4, -0.2) is 17.9 Å². The van der Waals surface area contributed by atoms with Crippen molar-refractivity contribution in [2.75, 3.05) is 5.32 Å². The van der Waals surface area contributed by atoms with E-state index in [4.69, 9.17) is 0 Å². The first kappa shape index (κ1) is 18.9. The fourth-order valence-electron chi connectivity index (χ4n) is 3.40. The van der Waals surface area contributed by atoms with E-state index in [0.29, 0.717) is 6.42 Å². The van der Waals surface area contributed by atoms with Crippen molar-refractivity contribution in [1.29, 1.82) is 0 Å². The van der Waals surface area contributed by atoms with Crippen LogP contribution in [0.15, 0.2) is 73.3 Å². The van der Waals surface area contributed by atoms with E-state index in [1.54, 1.807) is 0 Å². The molecule has 140 valence electrons. The van der Waals surface area contributed by atoms with E-state index >= 15 is 0 Å². The number of carbonyl (C=O) groups is 2. The summed E-state index contributed by atoms with van der Waals surface area (Å²) in [5, 5.41) is 5.95. The van der Waals surface area contributed by atoms with E-state index in [2.05, 4.69) is 17.2 Å². The highest BCUT2D eigenvalue weighted by atomic mass is 16.2. The second-order valence-corrected chi connectivity index (χ2v) is 7.62. The fraction of sp³-hybridized carbons (Fsp3) is 0.304. The predicted molar refractivity (Wildman–Crippen MR) is 108 cm³/mol. The number of amides is 2. The second kappa shape index (κ2) is 7.78. The molecule has 0 bridgehead atoms. The molecule has 1 aliphatic carbocycles. The van der Waals surface area contributed by atoms with Crippen LogP contribution in [0.2, 0.25) is 0 Å². The molecule has 2 aromatic rings. The number of hydrogen-bond donors (Lipinski definition) is 2. The molecule has 0 radical (unpaired) electrons. The molecule has 3 unspecified atom stereocenters. The maximum atomic E-state index is 12.9. The molecule has 1 aliphatic rings. The number of carbonyl (C=O) groups excluding carboxylic acids is 2. The summed E-state index contributed by atoms with van der Waals surface area (Å²) in [4.78, 5) is 25.3. The average Bonchev–Trinajstić information content (AvgIpc) is 3.43. The minimum absolute atomic E-state index is 0.0485. The lowest BCUT2D eigenvalue weighted by Gasteiger charge is -2.31. The molecule has 1 saturated carbocycles. The Balaban J connectivity index is 1.60. The molecule has 0 heterocycles. The first-order valence-electron chi connectivity index (χ1n) is 9.28. The Labute approximate surface area is 160 Å². The molecule has 0 aliphatic heterocycles. The number of anilines is 1. The van der Waals surface area contributed by atoms with E-state index < -0.39 is 5.41 Å². The van der Waals surface area contributed by atoms with Gasteiger partial charge in [-0.25, -0.2) is 0 Å². The number of hydrogen-bond acceptors (Lipinski definition) is 2. The molecule has 0 spiro atoms. The molecule has 3 atom stereocenters. The summed E-state index contributed by atoms with van der Waals surface area (Å²) >= 11 is 0. The van der Waals surface area contributed by atoms with Gasteiger partial charge < -0.3 is 10.6 Å². The summed E-state index contributed by atoms with van der Waals surface area (Å²) in [5.41, 5.74) is 1.17. The van der Waals surface area contributed by atoms with Gasteiger partial charge in [-0.05, 0) is 24.1 Å². The molecular weight excluding hydrogens is 336 g/mol. The molecule has 1 fully saturated rings. The summed E-state index contributed by atoms with van der Waals surface area (Å²) in [7, 11) is 0. The van der Waals surface area contributed by atoms with E-state index in [1.807, 2.05) is 80.6 Å². The molecule has 27 heavy (non-hydrogen) atoms. The van der Waals surface area contributed by atoms with Crippen molar-refractivity contribution in [3.63, 3.8) is 0 Å². The third-order valence-corrected chi connectivity index (χ3v) is 5.24. The molecule has 4 heteroatoms. The Morgan fingerprint density at radius 2 is 1.67 bits per heavy atom. The standard InChI is InChI=1S/C23H26N2O2/c1-4-19(16-11-7-5-8-12-16)23(2,3)22(27)25-20-15-18(20)21(26)24-17-13-9-6-10-14-17/h4-14,18-20H,1,15H2,2-3H3,(H,24,26)(H,25,27). The van der Waals surface area contributed by atoms with Gasteiger partial charge in [0, 0.05) is 17.6 Å². The van der Waals surface area contributed by atoms with Gasteiger partial charge in [-0.1, -0.05) is 68.5 Å². The van der Waals surface area contributed by atoms with Crippen LogP contribution in [-0.2, 0) is 9.59 Å².